The molecule has 4 heteroatoms. The van der Waals surface area contributed by atoms with Gasteiger partial charge in [-0.25, -0.2) is 4.39 Å². The third kappa shape index (κ3) is 3.33. The quantitative estimate of drug-likeness (QED) is 0.861. The van der Waals surface area contributed by atoms with E-state index in [2.05, 4.69) is 0 Å². The molecule has 2 N–H and O–H groups in total. The van der Waals surface area contributed by atoms with Gasteiger partial charge >= 0.3 is 0 Å². The number of halogens is 1. The van der Waals surface area contributed by atoms with Gasteiger partial charge in [0.05, 0.1) is 14.2 Å². The molecule has 0 bridgehead atoms. The van der Waals surface area contributed by atoms with E-state index in [4.69, 9.17) is 15.2 Å². The molecule has 2 atom stereocenters. The van der Waals surface area contributed by atoms with Crippen LogP contribution in [0, 0.1) is 0 Å². The lowest BCUT2D eigenvalue weighted by Crippen LogP contribution is -2.18. The van der Waals surface area contributed by atoms with Gasteiger partial charge in [-0.15, -0.1) is 0 Å². The second kappa shape index (κ2) is 5.87. The molecule has 3 nitrogen and oxygen atoms in total. The fourth-order valence-corrected chi connectivity index (χ4v) is 1.84. The summed E-state index contributed by atoms with van der Waals surface area (Å²) in [7, 11) is 3.05. The van der Waals surface area contributed by atoms with E-state index >= 15 is 0 Å². The Morgan fingerprint density at radius 2 is 1.88 bits per heavy atom. The van der Waals surface area contributed by atoms with Gasteiger partial charge in [-0.05, 0) is 38.0 Å². The zero-order valence-electron chi connectivity index (χ0n) is 10.8. The van der Waals surface area contributed by atoms with Crippen molar-refractivity contribution >= 4 is 0 Å². The SMILES string of the molecule is COc1cc(CC(C)N)cc(C(C)F)c1OC. The van der Waals surface area contributed by atoms with Gasteiger partial charge in [0.1, 0.15) is 6.17 Å². The summed E-state index contributed by atoms with van der Waals surface area (Å²) in [4.78, 5) is 0. The average Bonchev–Trinajstić information content (AvgIpc) is 2.26. The minimum atomic E-state index is -1.10. The summed E-state index contributed by atoms with van der Waals surface area (Å²) in [5, 5.41) is 0. The molecule has 0 fully saturated rings. The molecule has 0 saturated carbocycles. The molecule has 0 heterocycles. The maximum atomic E-state index is 13.5. The molecule has 0 saturated heterocycles. The molecule has 96 valence electrons. The first kappa shape index (κ1) is 13.8. The van der Waals surface area contributed by atoms with Gasteiger partial charge in [-0.2, -0.15) is 0 Å². The highest BCUT2D eigenvalue weighted by molar-refractivity contribution is 5.50. The van der Waals surface area contributed by atoms with Crippen LogP contribution < -0.4 is 15.2 Å². The molecule has 2 unspecified atom stereocenters. The van der Waals surface area contributed by atoms with Crippen LogP contribution in [0.1, 0.15) is 31.1 Å². The lowest BCUT2D eigenvalue weighted by atomic mass is 10.0. The second-order valence-electron chi connectivity index (χ2n) is 4.22. The molecule has 0 amide bonds. The van der Waals surface area contributed by atoms with Crippen molar-refractivity contribution in [3.8, 4) is 11.5 Å². The van der Waals surface area contributed by atoms with Gasteiger partial charge in [0.2, 0.25) is 0 Å². The van der Waals surface area contributed by atoms with Crippen LogP contribution in [0.5, 0.6) is 11.5 Å². The van der Waals surface area contributed by atoms with Gasteiger partial charge in [-0.3, -0.25) is 0 Å². The summed E-state index contributed by atoms with van der Waals surface area (Å²) in [6, 6.07) is 3.65. The fraction of sp³-hybridized carbons (Fsp3) is 0.538. The van der Waals surface area contributed by atoms with Crippen molar-refractivity contribution in [3.63, 3.8) is 0 Å². The third-order valence-corrected chi connectivity index (χ3v) is 2.55. The number of alkyl halides is 1. The van der Waals surface area contributed by atoms with Crippen molar-refractivity contribution in [3.05, 3.63) is 23.3 Å². The lowest BCUT2D eigenvalue weighted by molar-refractivity contribution is 0.323. The number of nitrogens with two attached hydrogens (primary N) is 1. The molecule has 0 aliphatic heterocycles. The van der Waals surface area contributed by atoms with Gasteiger partial charge in [-0.1, -0.05) is 0 Å². The molecule has 1 aromatic rings. The van der Waals surface area contributed by atoms with E-state index in [0.717, 1.165) is 5.56 Å². The van der Waals surface area contributed by atoms with Crippen LogP contribution in [0.15, 0.2) is 12.1 Å². The number of rotatable bonds is 5. The predicted molar refractivity (Wildman–Crippen MR) is 66.4 cm³/mol. The molecular formula is C13H20FNO2. The molecule has 0 aliphatic carbocycles. The maximum Gasteiger partial charge on any atom is 0.166 e. The standard InChI is InChI=1S/C13H20FNO2/c1-8(15)5-10-6-11(9(2)14)13(17-4)12(7-10)16-3/h6-9H,5,15H2,1-4H3. The monoisotopic (exact) mass is 241 g/mol. The topological polar surface area (TPSA) is 44.5 Å². The summed E-state index contributed by atoms with van der Waals surface area (Å²) in [5.41, 5.74) is 7.20. The molecule has 1 aromatic carbocycles. The van der Waals surface area contributed by atoms with Gasteiger partial charge < -0.3 is 15.2 Å². The minimum absolute atomic E-state index is 0.0240. The Morgan fingerprint density at radius 1 is 1.24 bits per heavy atom. The molecule has 0 radical (unpaired) electrons. The Morgan fingerprint density at radius 3 is 2.29 bits per heavy atom. The summed E-state index contributed by atoms with van der Waals surface area (Å²) >= 11 is 0. The molecule has 0 aliphatic rings. The van der Waals surface area contributed by atoms with Crippen molar-refractivity contribution in [2.24, 2.45) is 5.73 Å². The molecule has 1 rings (SSSR count). The highest BCUT2D eigenvalue weighted by atomic mass is 19.1. The van der Waals surface area contributed by atoms with Crippen LogP contribution in [-0.2, 0) is 6.42 Å². The largest absolute Gasteiger partial charge is 0.493 e. The summed E-state index contributed by atoms with van der Waals surface area (Å²) in [6.45, 7) is 3.39. The molecule has 17 heavy (non-hydrogen) atoms. The van der Waals surface area contributed by atoms with Crippen molar-refractivity contribution in [2.45, 2.75) is 32.5 Å². The Balaban J connectivity index is 3.24. The first-order valence-electron chi connectivity index (χ1n) is 5.64. The van der Waals surface area contributed by atoms with Crippen molar-refractivity contribution < 1.29 is 13.9 Å². The van der Waals surface area contributed by atoms with E-state index < -0.39 is 6.17 Å². The van der Waals surface area contributed by atoms with E-state index in [9.17, 15) is 4.39 Å². The predicted octanol–water partition coefficient (Wildman–Crippen LogP) is 2.62. The molecular weight excluding hydrogens is 221 g/mol. The minimum Gasteiger partial charge on any atom is -0.493 e. The van der Waals surface area contributed by atoms with E-state index in [-0.39, 0.29) is 6.04 Å². The number of benzene rings is 1. The Kier molecular flexibility index (Phi) is 4.75. The number of hydrogen-bond acceptors (Lipinski definition) is 3. The molecule has 0 spiro atoms. The number of hydrogen-bond donors (Lipinski definition) is 1. The second-order valence-corrected chi connectivity index (χ2v) is 4.22. The highest BCUT2D eigenvalue weighted by Gasteiger charge is 2.17. The van der Waals surface area contributed by atoms with Crippen LogP contribution in [-0.4, -0.2) is 20.3 Å². The fourth-order valence-electron chi connectivity index (χ4n) is 1.84. The van der Waals surface area contributed by atoms with E-state index in [0.29, 0.717) is 23.5 Å². The first-order chi connectivity index (χ1) is 7.99. The van der Waals surface area contributed by atoms with Crippen molar-refractivity contribution in [1.82, 2.24) is 0 Å². The molecule has 0 aromatic heterocycles. The number of ether oxygens (including phenoxy) is 2. The zero-order valence-corrected chi connectivity index (χ0v) is 10.8. The van der Waals surface area contributed by atoms with E-state index in [1.165, 1.54) is 14.0 Å². The van der Waals surface area contributed by atoms with Crippen molar-refractivity contribution in [1.29, 1.82) is 0 Å². The van der Waals surface area contributed by atoms with Crippen LogP contribution in [0.2, 0.25) is 0 Å². The van der Waals surface area contributed by atoms with Crippen LogP contribution in [0.25, 0.3) is 0 Å². The van der Waals surface area contributed by atoms with Gasteiger partial charge in [0.25, 0.3) is 0 Å². The van der Waals surface area contributed by atoms with Gasteiger partial charge in [0, 0.05) is 11.6 Å². The van der Waals surface area contributed by atoms with E-state index in [1.54, 1.807) is 13.2 Å². The summed E-state index contributed by atoms with van der Waals surface area (Å²) in [5.74, 6) is 1.00. The summed E-state index contributed by atoms with van der Waals surface area (Å²) in [6.07, 6.45) is -0.424. The highest BCUT2D eigenvalue weighted by Crippen LogP contribution is 2.37. The van der Waals surface area contributed by atoms with Crippen LogP contribution >= 0.6 is 0 Å². The Bertz CT molecular complexity index is 378. The van der Waals surface area contributed by atoms with Crippen LogP contribution in [0.4, 0.5) is 4.39 Å². The first-order valence-corrected chi connectivity index (χ1v) is 5.64. The average molecular weight is 241 g/mol. The smallest absolute Gasteiger partial charge is 0.166 e. The normalized spacial score (nSPS) is 14.2. The van der Waals surface area contributed by atoms with Crippen LogP contribution in [0.3, 0.4) is 0 Å². The van der Waals surface area contributed by atoms with Gasteiger partial charge in [0.15, 0.2) is 11.5 Å². The Labute approximate surface area is 102 Å². The summed E-state index contributed by atoms with van der Waals surface area (Å²) < 4.78 is 24.0. The zero-order chi connectivity index (χ0) is 13.0. The third-order valence-electron chi connectivity index (χ3n) is 2.55. The lowest BCUT2D eigenvalue weighted by Gasteiger charge is -2.16. The maximum absolute atomic E-state index is 13.5. The van der Waals surface area contributed by atoms with E-state index in [1.807, 2.05) is 13.0 Å². The number of methoxy groups -OCH3 is 2. The Hall–Kier alpha value is -1.29. The van der Waals surface area contributed by atoms with Crippen molar-refractivity contribution in [2.75, 3.05) is 14.2 Å².